The summed E-state index contributed by atoms with van der Waals surface area (Å²) in [6.07, 6.45) is 2.09. The fourth-order valence-electron chi connectivity index (χ4n) is 0.812. The maximum absolute atomic E-state index is 10.8. The lowest BCUT2D eigenvalue weighted by Crippen LogP contribution is -2.40. The van der Waals surface area contributed by atoms with Crippen molar-refractivity contribution in [3.63, 3.8) is 0 Å². The van der Waals surface area contributed by atoms with Crippen molar-refractivity contribution in [1.82, 2.24) is 10.6 Å². The van der Waals surface area contributed by atoms with Crippen molar-refractivity contribution in [2.75, 3.05) is 20.2 Å². The highest BCUT2D eigenvalue weighted by atomic mass is 16.5. The molecule has 0 saturated heterocycles. The minimum absolute atomic E-state index is 0.266. The summed E-state index contributed by atoms with van der Waals surface area (Å²) in [5.74, 6) is -0.542. The largest absolute Gasteiger partial charge is 0.378 e. The highest BCUT2D eigenvalue weighted by molar-refractivity contribution is 5.87. The third kappa shape index (κ3) is 6.45. The van der Waals surface area contributed by atoms with Gasteiger partial charge in [0.25, 0.3) is 0 Å². The summed E-state index contributed by atoms with van der Waals surface area (Å²) in [6.45, 7) is 7.27. The van der Waals surface area contributed by atoms with Crippen molar-refractivity contribution in [2.24, 2.45) is 0 Å². The molecule has 5 nitrogen and oxygen atoms in total. The van der Waals surface area contributed by atoms with Crippen LogP contribution in [-0.2, 0) is 14.3 Å². The first kappa shape index (κ1) is 13.4. The quantitative estimate of drug-likeness (QED) is 0.564. The van der Waals surface area contributed by atoms with Crippen LogP contribution in [0.25, 0.3) is 0 Å². The lowest BCUT2D eigenvalue weighted by molar-refractivity contribution is -0.117. The summed E-state index contributed by atoms with van der Waals surface area (Å²) in [5, 5.41) is 5.13. The molecule has 0 rings (SSSR count). The molecule has 15 heavy (non-hydrogen) atoms. The van der Waals surface area contributed by atoms with Crippen LogP contribution in [0.1, 0.15) is 0 Å². The molecule has 2 amide bonds. The number of rotatable bonds is 7. The number of amides is 2. The topological polar surface area (TPSA) is 67.4 Å². The molecule has 0 saturated carbocycles. The van der Waals surface area contributed by atoms with E-state index in [1.165, 1.54) is 19.3 Å². The van der Waals surface area contributed by atoms with Crippen molar-refractivity contribution >= 4 is 11.8 Å². The van der Waals surface area contributed by atoms with E-state index in [-0.39, 0.29) is 17.9 Å². The van der Waals surface area contributed by atoms with Gasteiger partial charge in [0.1, 0.15) is 0 Å². The molecule has 2 N–H and O–H groups in total. The van der Waals surface area contributed by atoms with Gasteiger partial charge >= 0.3 is 0 Å². The monoisotopic (exact) mass is 212 g/mol. The number of hydrogen-bond donors (Lipinski definition) is 2. The summed E-state index contributed by atoms with van der Waals surface area (Å²) >= 11 is 0. The first-order valence-electron chi connectivity index (χ1n) is 4.47. The standard InChI is InChI=1S/C10H16N2O3/c1-4-9(13)11-6-8(15-3)7-12-10(14)5-2/h4-5,8H,1-2,6-7H2,3H3,(H,11,13)(H,12,14). The van der Waals surface area contributed by atoms with Crippen molar-refractivity contribution in [2.45, 2.75) is 6.10 Å². The van der Waals surface area contributed by atoms with Gasteiger partial charge in [0.2, 0.25) is 11.8 Å². The Kier molecular flexibility index (Phi) is 6.92. The Labute approximate surface area is 89.2 Å². The molecule has 0 atom stereocenters. The van der Waals surface area contributed by atoms with Crippen molar-refractivity contribution < 1.29 is 14.3 Å². The number of hydrogen-bond acceptors (Lipinski definition) is 3. The SMILES string of the molecule is C=CC(=O)NCC(CNC(=O)C=C)OC. The molecule has 84 valence electrons. The summed E-state index contributed by atoms with van der Waals surface area (Å²) in [5.41, 5.74) is 0. The molecule has 0 aliphatic heterocycles. The Balaban J connectivity index is 3.82. The number of methoxy groups -OCH3 is 1. The van der Waals surface area contributed by atoms with Crippen molar-refractivity contribution in [3.8, 4) is 0 Å². The van der Waals surface area contributed by atoms with Crippen LogP contribution in [-0.4, -0.2) is 38.1 Å². The van der Waals surface area contributed by atoms with E-state index in [9.17, 15) is 9.59 Å². The molecule has 0 fully saturated rings. The van der Waals surface area contributed by atoms with Gasteiger partial charge in [-0.1, -0.05) is 13.2 Å². The van der Waals surface area contributed by atoms with E-state index in [2.05, 4.69) is 23.8 Å². The fraction of sp³-hybridized carbons (Fsp3) is 0.400. The second-order valence-electron chi connectivity index (χ2n) is 2.76. The summed E-state index contributed by atoms with van der Waals surface area (Å²) in [4.78, 5) is 21.7. The lowest BCUT2D eigenvalue weighted by atomic mass is 10.3. The smallest absolute Gasteiger partial charge is 0.243 e. The average molecular weight is 212 g/mol. The van der Waals surface area contributed by atoms with Crippen LogP contribution in [0.3, 0.4) is 0 Å². The summed E-state index contributed by atoms with van der Waals surface area (Å²) < 4.78 is 5.04. The maximum Gasteiger partial charge on any atom is 0.243 e. The van der Waals surface area contributed by atoms with Gasteiger partial charge in [-0.2, -0.15) is 0 Å². The minimum atomic E-state index is -0.271. The van der Waals surface area contributed by atoms with Crippen LogP contribution in [0.5, 0.6) is 0 Å². The Morgan fingerprint density at radius 1 is 1.20 bits per heavy atom. The Morgan fingerprint density at radius 2 is 1.60 bits per heavy atom. The molecule has 0 aromatic carbocycles. The first-order valence-corrected chi connectivity index (χ1v) is 4.47. The van der Waals surface area contributed by atoms with Crippen molar-refractivity contribution in [1.29, 1.82) is 0 Å². The number of carbonyl (C=O) groups excluding carboxylic acids is 2. The van der Waals surface area contributed by atoms with Gasteiger partial charge in [-0.25, -0.2) is 0 Å². The Morgan fingerprint density at radius 3 is 1.87 bits per heavy atom. The molecule has 0 spiro atoms. The fourth-order valence-corrected chi connectivity index (χ4v) is 0.812. The molecule has 5 heteroatoms. The van der Waals surface area contributed by atoms with Gasteiger partial charge < -0.3 is 15.4 Å². The van der Waals surface area contributed by atoms with Gasteiger partial charge in [-0.05, 0) is 12.2 Å². The van der Waals surface area contributed by atoms with Crippen LogP contribution in [0.4, 0.5) is 0 Å². The molecule has 0 unspecified atom stereocenters. The average Bonchev–Trinajstić information content (AvgIpc) is 2.28. The Hall–Kier alpha value is -1.62. The van der Waals surface area contributed by atoms with E-state index in [1.54, 1.807) is 0 Å². The van der Waals surface area contributed by atoms with Gasteiger partial charge in [-0.3, -0.25) is 9.59 Å². The highest BCUT2D eigenvalue weighted by Gasteiger charge is 2.08. The first-order chi connectivity index (χ1) is 7.13. The second kappa shape index (κ2) is 7.75. The number of nitrogens with one attached hydrogen (secondary N) is 2. The number of carbonyl (C=O) groups is 2. The highest BCUT2D eigenvalue weighted by Crippen LogP contribution is 1.86. The molecule has 0 aliphatic carbocycles. The zero-order chi connectivity index (χ0) is 11.7. The van der Waals surface area contributed by atoms with Gasteiger partial charge in [-0.15, -0.1) is 0 Å². The third-order valence-corrected chi connectivity index (χ3v) is 1.71. The molecule has 0 radical (unpaired) electrons. The summed E-state index contributed by atoms with van der Waals surface area (Å²) in [6, 6.07) is 0. The zero-order valence-electron chi connectivity index (χ0n) is 8.79. The number of ether oxygens (including phenoxy) is 1. The zero-order valence-corrected chi connectivity index (χ0v) is 8.79. The van der Waals surface area contributed by atoms with E-state index in [1.807, 2.05) is 0 Å². The van der Waals surface area contributed by atoms with Crippen LogP contribution in [0.2, 0.25) is 0 Å². The molecule has 0 heterocycles. The molecule has 0 aliphatic rings. The van der Waals surface area contributed by atoms with E-state index in [0.717, 1.165) is 0 Å². The van der Waals surface area contributed by atoms with Crippen LogP contribution in [0, 0.1) is 0 Å². The predicted molar refractivity (Wildman–Crippen MR) is 57.2 cm³/mol. The predicted octanol–water partition coefficient (Wildman–Crippen LogP) is -0.394. The summed E-state index contributed by atoms with van der Waals surface area (Å²) in [7, 11) is 1.50. The Bertz CT molecular complexity index is 227. The van der Waals surface area contributed by atoms with Crippen LogP contribution in [0.15, 0.2) is 25.3 Å². The van der Waals surface area contributed by atoms with E-state index >= 15 is 0 Å². The van der Waals surface area contributed by atoms with Gasteiger partial charge in [0.05, 0.1) is 6.10 Å². The lowest BCUT2D eigenvalue weighted by Gasteiger charge is -2.15. The van der Waals surface area contributed by atoms with E-state index in [4.69, 9.17) is 4.74 Å². The third-order valence-electron chi connectivity index (χ3n) is 1.71. The molecule has 0 bridgehead atoms. The molecule has 0 aromatic rings. The molecular formula is C10H16N2O3. The normalized spacial score (nSPS) is 9.47. The van der Waals surface area contributed by atoms with Crippen molar-refractivity contribution in [3.05, 3.63) is 25.3 Å². The van der Waals surface area contributed by atoms with Gasteiger partial charge in [0, 0.05) is 20.2 Å². The van der Waals surface area contributed by atoms with E-state index in [0.29, 0.717) is 13.1 Å². The van der Waals surface area contributed by atoms with Gasteiger partial charge in [0.15, 0.2) is 0 Å². The van der Waals surface area contributed by atoms with Crippen LogP contribution < -0.4 is 10.6 Å². The minimum Gasteiger partial charge on any atom is -0.378 e. The molecule has 0 aromatic heterocycles. The molecular weight excluding hydrogens is 196 g/mol. The van der Waals surface area contributed by atoms with E-state index < -0.39 is 0 Å². The van der Waals surface area contributed by atoms with Crippen LogP contribution >= 0.6 is 0 Å². The second-order valence-corrected chi connectivity index (χ2v) is 2.76. The maximum atomic E-state index is 10.8.